The van der Waals surface area contributed by atoms with Crippen molar-refractivity contribution in [2.24, 2.45) is 0 Å². The van der Waals surface area contributed by atoms with E-state index in [2.05, 4.69) is 4.18 Å². The third kappa shape index (κ3) is 4.02. The Hall–Kier alpha value is -0.860. The molecule has 1 N–H and O–H groups in total. The van der Waals surface area contributed by atoms with E-state index >= 15 is 0 Å². The predicted molar refractivity (Wildman–Crippen MR) is 50.1 cm³/mol. The highest BCUT2D eigenvalue weighted by atomic mass is 32.2. The first-order valence-corrected chi connectivity index (χ1v) is 6.13. The van der Waals surface area contributed by atoms with Gasteiger partial charge in [0, 0.05) is 6.54 Å². The second-order valence-corrected chi connectivity index (χ2v) is 4.84. The molecule has 1 rings (SSSR count). The van der Waals surface area contributed by atoms with Gasteiger partial charge in [-0.2, -0.15) is 8.42 Å². The maximum absolute atomic E-state index is 10.8. The fraction of sp³-hybridized carbons (Fsp3) is 0.857. The number of carbonyl (C=O) groups is 1. The second-order valence-electron chi connectivity index (χ2n) is 3.19. The zero-order valence-electron chi connectivity index (χ0n) is 8.25. The number of nitrogens with zero attached hydrogens (tertiary/aromatic N) is 1. The van der Waals surface area contributed by atoms with Gasteiger partial charge in [0.15, 0.2) is 0 Å². The van der Waals surface area contributed by atoms with Crippen LogP contribution in [0.15, 0.2) is 0 Å². The lowest BCUT2D eigenvalue weighted by Crippen LogP contribution is -2.50. The van der Waals surface area contributed by atoms with E-state index in [1.165, 1.54) is 0 Å². The molecule has 88 valence electrons. The van der Waals surface area contributed by atoms with E-state index < -0.39 is 22.3 Å². The fourth-order valence-corrected chi connectivity index (χ4v) is 1.65. The first kappa shape index (κ1) is 12.2. The number of carboxylic acid groups (broad SMARTS) is 1. The van der Waals surface area contributed by atoms with E-state index in [-0.39, 0.29) is 19.8 Å². The lowest BCUT2D eigenvalue weighted by molar-refractivity contribution is -0.0139. The molecule has 1 atom stereocenters. The molecule has 0 aromatic rings. The van der Waals surface area contributed by atoms with Crippen LogP contribution in [0.3, 0.4) is 0 Å². The van der Waals surface area contributed by atoms with E-state index in [1.54, 1.807) is 0 Å². The minimum Gasteiger partial charge on any atom is -0.465 e. The van der Waals surface area contributed by atoms with E-state index in [9.17, 15) is 13.2 Å². The molecule has 15 heavy (non-hydrogen) atoms. The summed E-state index contributed by atoms with van der Waals surface area (Å²) < 4.78 is 31.0. The molecule has 8 heteroatoms. The highest BCUT2D eigenvalue weighted by Crippen LogP contribution is 2.08. The van der Waals surface area contributed by atoms with E-state index in [4.69, 9.17) is 9.84 Å². The smallest absolute Gasteiger partial charge is 0.407 e. The van der Waals surface area contributed by atoms with E-state index in [0.29, 0.717) is 6.61 Å². The lowest BCUT2D eigenvalue weighted by Gasteiger charge is -2.32. The van der Waals surface area contributed by atoms with Crippen molar-refractivity contribution in [1.29, 1.82) is 0 Å². The number of morpholine rings is 1. The van der Waals surface area contributed by atoms with Gasteiger partial charge in [-0.3, -0.25) is 9.08 Å². The van der Waals surface area contributed by atoms with Gasteiger partial charge in [0.05, 0.1) is 32.1 Å². The van der Waals surface area contributed by atoms with Crippen LogP contribution in [-0.2, 0) is 19.0 Å². The van der Waals surface area contributed by atoms with Gasteiger partial charge in [-0.05, 0) is 0 Å². The molecule has 0 aromatic heterocycles. The van der Waals surface area contributed by atoms with Crippen LogP contribution < -0.4 is 0 Å². The summed E-state index contributed by atoms with van der Waals surface area (Å²) in [4.78, 5) is 11.9. The van der Waals surface area contributed by atoms with Gasteiger partial charge >= 0.3 is 6.09 Å². The molecule has 0 unspecified atom stereocenters. The Labute approximate surface area is 87.7 Å². The first-order valence-electron chi connectivity index (χ1n) is 4.32. The summed E-state index contributed by atoms with van der Waals surface area (Å²) in [6.07, 6.45) is -0.178. The monoisotopic (exact) mass is 239 g/mol. The molecule has 1 saturated heterocycles. The Morgan fingerprint density at radius 3 is 2.87 bits per heavy atom. The van der Waals surface area contributed by atoms with Gasteiger partial charge < -0.3 is 9.84 Å². The van der Waals surface area contributed by atoms with Crippen molar-refractivity contribution in [1.82, 2.24) is 4.90 Å². The third-order valence-corrected chi connectivity index (χ3v) is 2.51. The third-order valence-electron chi connectivity index (χ3n) is 1.95. The molecule has 1 heterocycles. The molecular formula is C7H13NO6S. The average Bonchev–Trinajstić information content (AvgIpc) is 2.14. The highest BCUT2D eigenvalue weighted by Gasteiger charge is 2.28. The predicted octanol–water partition coefficient (Wildman–Crippen LogP) is -0.659. The van der Waals surface area contributed by atoms with Crippen molar-refractivity contribution in [3.8, 4) is 0 Å². The minimum absolute atomic E-state index is 0.155. The number of ether oxygens (including phenoxy) is 1. The second kappa shape index (κ2) is 4.77. The summed E-state index contributed by atoms with van der Waals surface area (Å²) in [5.74, 6) is 0. The quantitative estimate of drug-likeness (QED) is 0.657. The summed E-state index contributed by atoms with van der Waals surface area (Å²) in [5.41, 5.74) is 0. The Bertz CT molecular complexity index is 326. The Kier molecular flexibility index (Phi) is 3.89. The molecule has 1 aliphatic rings. The van der Waals surface area contributed by atoms with Crippen molar-refractivity contribution >= 4 is 16.2 Å². The summed E-state index contributed by atoms with van der Waals surface area (Å²) in [6, 6.07) is -0.564. The molecule has 0 bridgehead atoms. The Morgan fingerprint density at radius 1 is 1.67 bits per heavy atom. The zero-order valence-corrected chi connectivity index (χ0v) is 9.07. The van der Waals surface area contributed by atoms with Crippen molar-refractivity contribution in [3.63, 3.8) is 0 Å². The SMILES string of the molecule is CS(=O)(=O)OC[C@@H]1COCCN1C(=O)O. The van der Waals surface area contributed by atoms with Crippen LogP contribution in [0, 0.1) is 0 Å². The number of hydrogen-bond donors (Lipinski definition) is 1. The zero-order chi connectivity index (χ0) is 11.5. The van der Waals surface area contributed by atoms with E-state index in [1.807, 2.05) is 0 Å². The van der Waals surface area contributed by atoms with Crippen LogP contribution in [0.1, 0.15) is 0 Å². The molecule has 0 aliphatic carbocycles. The van der Waals surface area contributed by atoms with Gasteiger partial charge in [0.1, 0.15) is 0 Å². The van der Waals surface area contributed by atoms with Crippen LogP contribution in [0.5, 0.6) is 0 Å². The van der Waals surface area contributed by atoms with Gasteiger partial charge in [0.2, 0.25) is 0 Å². The summed E-state index contributed by atoms with van der Waals surface area (Å²) >= 11 is 0. The first-order chi connectivity index (χ1) is 6.90. The Balaban J connectivity index is 2.54. The number of amides is 1. The summed E-state index contributed by atoms with van der Waals surface area (Å²) in [6.45, 7) is 0.502. The summed E-state index contributed by atoms with van der Waals surface area (Å²) in [7, 11) is -3.55. The normalized spacial score (nSPS) is 22.7. The van der Waals surface area contributed by atoms with Gasteiger partial charge in [-0.1, -0.05) is 0 Å². The molecule has 1 fully saturated rings. The van der Waals surface area contributed by atoms with Crippen molar-refractivity contribution in [2.45, 2.75) is 6.04 Å². The van der Waals surface area contributed by atoms with Crippen LogP contribution in [0.2, 0.25) is 0 Å². The molecule has 0 spiro atoms. The summed E-state index contributed by atoms with van der Waals surface area (Å²) in [5, 5.41) is 8.80. The van der Waals surface area contributed by atoms with Gasteiger partial charge in [-0.15, -0.1) is 0 Å². The number of hydrogen-bond acceptors (Lipinski definition) is 5. The van der Waals surface area contributed by atoms with Crippen LogP contribution in [0.4, 0.5) is 4.79 Å². The maximum Gasteiger partial charge on any atom is 0.407 e. The largest absolute Gasteiger partial charge is 0.465 e. The van der Waals surface area contributed by atoms with Crippen LogP contribution in [0.25, 0.3) is 0 Å². The molecule has 0 saturated carbocycles. The van der Waals surface area contributed by atoms with Crippen molar-refractivity contribution in [3.05, 3.63) is 0 Å². The molecule has 7 nitrogen and oxygen atoms in total. The van der Waals surface area contributed by atoms with Crippen molar-refractivity contribution in [2.75, 3.05) is 32.6 Å². The molecule has 0 aromatic carbocycles. The minimum atomic E-state index is -3.55. The fourth-order valence-electron chi connectivity index (χ4n) is 1.25. The molecule has 0 radical (unpaired) electrons. The van der Waals surface area contributed by atoms with Crippen LogP contribution in [-0.4, -0.2) is 63.2 Å². The molecule has 1 amide bonds. The maximum atomic E-state index is 10.8. The standard InChI is InChI=1S/C7H13NO6S/c1-15(11,12)14-5-6-4-13-3-2-8(6)7(9)10/h6H,2-5H2,1H3,(H,9,10)/t6-/m0/s1. The highest BCUT2D eigenvalue weighted by molar-refractivity contribution is 7.85. The number of rotatable bonds is 3. The lowest BCUT2D eigenvalue weighted by atomic mass is 10.2. The molecule has 1 aliphatic heterocycles. The van der Waals surface area contributed by atoms with Crippen molar-refractivity contribution < 1.29 is 27.2 Å². The molecular weight excluding hydrogens is 226 g/mol. The van der Waals surface area contributed by atoms with E-state index in [0.717, 1.165) is 11.2 Å². The Morgan fingerprint density at radius 2 is 2.33 bits per heavy atom. The van der Waals surface area contributed by atoms with Crippen LogP contribution >= 0.6 is 0 Å². The topological polar surface area (TPSA) is 93.1 Å². The van der Waals surface area contributed by atoms with Gasteiger partial charge in [0.25, 0.3) is 10.1 Å². The average molecular weight is 239 g/mol. The van der Waals surface area contributed by atoms with Gasteiger partial charge in [-0.25, -0.2) is 4.79 Å².